The number of rotatable bonds is 8. The van der Waals surface area contributed by atoms with Crippen molar-refractivity contribution in [3.63, 3.8) is 0 Å². The Labute approximate surface area is 192 Å². The van der Waals surface area contributed by atoms with E-state index in [1.807, 2.05) is 6.92 Å². The fraction of sp³-hybridized carbons (Fsp3) is 0.917. The van der Waals surface area contributed by atoms with Gasteiger partial charge in [0, 0.05) is 0 Å². The Hall–Kier alpha value is -0.800. The Morgan fingerprint density at radius 3 is 2.00 bits per heavy atom. The summed E-state index contributed by atoms with van der Waals surface area (Å²) in [5.74, 6) is 0.0393. The highest BCUT2D eigenvalue weighted by molar-refractivity contribution is 5.13. The van der Waals surface area contributed by atoms with Crippen LogP contribution in [0.2, 0.25) is 0 Å². The predicted molar refractivity (Wildman–Crippen MR) is 113 cm³/mol. The Morgan fingerprint density at radius 1 is 0.909 bits per heavy atom. The van der Waals surface area contributed by atoms with Crippen LogP contribution in [-0.4, -0.2) is 45.0 Å². The summed E-state index contributed by atoms with van der Waals surface area (Å²) >= 11 is 0. The number of halogens is 6. The molecule has 0 spiro atoms. The van der Waals surface area contributed by atoms with Gasteiger partial charge in [-0.1, -0.05) is 32.8 Å². The number of hydrogen-bond acceptors (Lipinski definition) is 3. The molecule has 194 valence electrons. The Bertz CT molecular complexity index is 682. The summed E-state index contributed by atoms with van der Waals surface area (Å²) in [6, 6.07) is 0. The lowest BCUT2D eigenvalue weighted by Gasteiger charge is -2.50. The van der Waals surface area contributed by atoms with E-state index in [-0.39, 0.29) is 29.7 Å². The molecule has 3 N–H and O–H groups in total. The van der Waals surface area contributed by atoms with Crippen LogP contribution in [0.15, 0.2) is 12.2 Å². The van der Waals surface area contributed by atoms with Gasteiger partial charge in [-0.05, 0) is 87.5 Å². The van der Waals surface area contributed by atoms with Gasteiger partial charge in [0.25, 0.3) is 5.60 Å². The van der Waals surface area contributed by atoms with Crippen LogP contribution in [0.5, 0.6) is 0 Å². The van der Waals surface area contributed by atoms with Crippen LogP contribution in [0, 0.1) is 22.7 Å². The summed E-state index contributed by atoms with van der Waals surface area (Å²) in [5, 5.41) is 30.1. The molecule has 2 fully saturated rings. The number of allylic oxidation sites excluding steroid dienone is 1. The van der Waals surface area contributed by atoms with Gasteiger partial charge >= 0.3 is 12.4 Å². The van der Waals surface area contributed by atoms with Gasteiger partial charge in [0.05, 0.1) is 11.7 Å². The van der Waals surface area contributed by atoms with Crippen molar-refractivity contribution in [3.8, 4) is 0 Å². The van der Waals surface area contributed by atoms with Gasteiger partial charge in [-0.15, -0.1) is 0 Å². The fourth-order valence-corrected chi connectivity index (χ4v) is 6.49. The van der Waals surface area contributed by atoms with Crippen molar-refractivity contribution in [2.75, 3.05) is 0 Å². The highest BCUT2D eigenvalue weighted by Crippen LogP contribution is 2.62. The molecule has 0 radical (unpaired) electrons. The average Bonchev–Trinajstić information content (AvgIpc) is 2.97. The van der Waals surface area contributed by atoms with Crippen molar-refractivity contribution in [2.45, 2.75) is 115 Å². The van der Waals surface area contributed by atoms with Gasteiger partial charge in [-0.3, -0.25) is 0 Å². The zero-order chi connectivity index (χ0) is 25.5. The lowest BCUT2D eigenvalue weighted by Crippen LogP contribution is -2.55. The molecule has 0 heterocycles. The lowest BCUT2D eigenvalue weighted by atomic mass is 9.56. The lowest BCUT2D eigenvalue weighted by molar-refractivity contribution is -0.347. The summed E-state index contributed by atoms with van der Waals surface area (Å²) < 4.78 is 78.6. The third kappa shape index (κ3) is 5.89. The van der Waals surface area contributed by atoms with Crippen LogP contribution in [0.4, 0.5) is 26.3 Å². The van der Waals surface area contributed by atoms with E-state index in [9.17, 15) is 41.7 Å². The smallest absolute Gasteiger partial charge is 0.393 e. The molecule has 0 bridgehead atoms. The second-order valence-corrected chi connectivity index (χ2v) is 11.4. The predicted octanol–water partition coefficient (Wildman–Crippen LogP) is 6.31. The molecule has 2 rings (SSSR count). The number of hydrogen-bond donors (Lipinski definition) is 3. The number of fused-ring (bicyclic) bond motifs is 1. The van der Waals surface area contributed by atoms with Crippen LogP contribution < -0.4 is 0 Å². The van der Waals surface area contributed by atoms with E-state index in [1.165, 1.54) is 0 Å². The molecule has 33 heavy (non-hydrogen) atoms. The molecule has 0 amide bonds. The molecule has 2 unspecified atom stereocenters. The first kappa shape index (κ1) is 28.4. The minimum Gasteiger partial charge on any atom is -0.393 e. The molecule has 0 aliphatic heterocycles. The molecule has 0 saturated heterocycles. The quantitative estimate of drug-likeness (QED) is 0.277. The highest BCUT2D eigenvalue weighted by atomic mass is 19.4. The van der Waals surface area contributed by atoms with E-state index in [1.54, 1.807) is 13.8 Å². The van der Waals surface area contributed by atoms with E-state index in [2.05, 4.69) is 6.92 Å². The number of aliphatic hydroxyl groups is 3. The van der Waals surface area contributed by atoms with E-state index in [0.29, 0.717) is 25.7 Å². The summed E-state index contributed by atoms with van der Waals surface area (Å²) in [4.78, 5) is 0. The SMILES string of the molecule is CC(C)(O)CCC[C@](C)(CC=CC(O)(C(F)(F)F)C(F)(F)F)C1CCC2[C@@H](O)CCC[C@@]21C. The van der Waals surface area contributed by atoms with Crippen molar-refractivity contribution in [2.24, 2.45) is 22.7 Å². The zero-order valence-electron chi connectivity index (χ0n) is 19.9. The van der Waals surface area contributed by atoms with Crippen molar-refractivity contribution in [1.82, 2.24) is 0 Å². The molecule has 2 aliphatic rings. The molecule has 0 aromatic carbocycles. The first-order chi connectivity index (χ1) is 14.8. The Kier molecular flexibility index (Phi) is 8.05. The number of aliphatic hydroxyl groups excluding tert-OH is 1. The van der Waals surface area contributed by atoms with Gasteiger partial charge in [0.15, 0.2) is 0 Å². The third-order valence-electron chi connectivity index (χ3n) is 8.27. The zero-order valence-corrected chi connectivity index (χ0v) is 19.9. The monoisotopic (exact) mass is 488 g/mol. The first-order valence-corrected chi connectivity index (χ1v) is 11.7. The summed E-state index contributed by atoms with van der Waals surface area (Å²) in [7, 11) is 0. The maximum Gasteiger partial charge on any atom is 0.429 e. The molecule has 3 nitrogen and oxygen atoms in total. The minimum atomic E-state index is -5.89. The average molecular weight is 489 g/mol. The van der Waals surface area contributed by atoms with Gasteiger partial charge < -0.3 is 15.3 Å². The molecular weight excluding hydrogens is 450 g/mol. The second-order valence-electron chi connectivity index (χ2n) is 11.4. The van der Waals surface area contributed by atoms with Crippen LogP contribution >= 0.6 is 0 Å². The largest absolute Gasteiger partial charge is 0.429 e. The maximum absolute atomic E-state index is 13.1. The van der Waals surface area contributed by atoms with Crippen molar-refractivity contribution in [1.29, 1.82) is 0 Å². The van der Waals surface area contributed by atoms with Crippen LogP contribution in [0.25, 0.3) is 0 Å². The summed E-state index contributed by atoms with van der Waals surface area (Å²) in [6.07, 6.45) is -6.29. The van der Waals surface area contributed by atoms with Gasteiger partial charge in [0.2, 0.25) is 0 Å². The Morgan fingerprint density at radius 2 is 1.48 bits per heavy atom. The van der Waals surface area contributed by atoms with E-state index >= 15 is 0 Å². The Balaban J connectivity index is 2.35. The normalized spacial score (nSPS) is 31.6. The van der Waals surface area contributed by atoms with Crippen molar-refractivity contribution in [3.05, 3.63) is 12.2 Å². The summed E-state index contributed by atoms with van der Waals surface area (Å²) in [6.45, 7) is 7.27. The van der Waals surface area contributed by atoms with E-state index in [0.717, 1.165) is 31.8 Å². The second kappa shape index (κ2) is 9.34. The van der Waals surface area contributed by atoms with Crippen molar-refractivity contribution < 1.29 is 41.7 Å². The topological polar surface area (TPSA) is 60.7 Å². The number of alkyl halides is 6. The van der Waals surface area contributed by atoms with Crippen LogP contribution in [0.1, 0.15) is 85.5 Å². The minimum absolute atomic E-state index is 0.0127. The maximum atomic E-state index is 13.1. The first-order valence-electron chi connectivity index (χ1n) is 11.7. The van der Waals surface area contributed by atoms with Crippen LogP contribution in [0.3, 0.4) is 0 Å². The molecule has 0 aromatic rings. The molecule has 2 aliphatic carbocycles. The van der Waals surface area contributed by atoms with Gasteiger partial charge in [-0.2, -0.15) is 26.3 Å². The molecule has 9 heteroatoms. The van der Waals surface area contributed by atoms with Gasteiger partial charge in [0.1, 0.15) is 0 Å². The van der Waals surface area contributed by atoms with Gasteiger partial charge in [-0.25, -0.2) is 0 Å². The van der Waals surface area contributed by atoms with Crippen molar-refractivity contribution >= 4 is 0 Å². The third-order valence-corrected chi connectivity index (χ3v) is 8.27. The molecule has 2 saturated carbocycles. The van der Waals surface area contributed by atoms with E-state index < -0.39 is 35.1 Å². The molecule has 0 aromatic heterocycles. The fourth-order valence-electron chi connectivity index (χ4n) is 6.49. The highest BCUT2D eigenvalue weighted by Gasteiger charge is 2.69. The standard InChI is InChI=1S/C24H38F6O3/c1-19(2,32)11-6-12-20(3,13-7-15-22(33,23(25,26)27)24(28,29)30)18-10-9-16-17(31)8-5-14-21(16,18)4/h7,15-18,31-33H,5-6,8-14H2,1-4H3/t16?,17-,18?,20+,21-/m0/s1. The van der Waals surface area contributed by atoms with E-state index in [4.69, 9.17) is 0 Å². The molecular formula is C24H38F6O3. The summed E-state index contributed by atoms with van der Waals surface area (Å²) in [5.41, 5.74) is -6.76. The molecule has 5 atom stereocenters. The van der Waals surface area contributed by atoms with Crippen LogP contribution in [-0.2, 0) is 0 Å².